The predicted octanol–water partition coefficient (Wildman–Crippen LogP) is 8.76. The van der Waals surface area contributed by atoms with E-state index in [0.29, 0.717) is 16.9 Å². The Morgan fingerprint density at radius 3 is 2.44 bits per heavy atom. The maximum Gasteiger partial charge on any atom is 0.0930 e. The Morgan fingerprint density at radius 1 is 0.861 bits per heavy atom. The molecular weight excluding hydrogens is 440 g/mol. The van der Waals surface area contributed by atoms with Crippen LogP contribution in [0.4, 0.5) is 0 Å². The smallest absolute Gasteiger partial charge is 0.0930 e. The van der Waals surface area contributed by atoms with Crippen molar-refractivity contribution < 1.29 is 9.84 Å². The number of ether oxygens (including phenoxy) is 1. The first kappa shape index (κ1) is 24.7. The summed E-state index contributed by atoms with van der Waals surface area (Å²) >= 11 is 0. The van der Waals surface area contributed by atoms with E-state index in [0.717, 1.165) is 48.9 Å². The van der Waals surface area contributed by atoms with Crippen molar-refractivity contribution in [3.8, 4) is 0 Å². The zero-order valence-electron chi connectivity index (χ0n) is 23.4. The molecule has 2 nitrogen and oxygen atoms in total. The van der Waals surface area contributed by atoms with E-state index in [1.54, 1.807) is 5.57 Å². The Balaban J connectivity index is 1.09. The van der Waals surface area contributed by atoms with Crippen molar-refractivity contribution in [3.05, 3.63) is 12.2 Å². The minimum atomic E-state index is -0.356. The molecule has 6 saturated carbocycles. The molecule has 0 aromatic heterocycles. The second-order valence-electron chi connectivity index (χ2n) is 15.7. The lowest BCUT2D eigenvalue weighted by molar-refractivity contribution is -0.151. The molecule has 6 aliphatic carbocycles. The maximum absolute atomic E-state index is 11.1. The Morgan fingerprint density at radius 2 is 1.64 bits per heavy atom. The zero-order valence-corrected chi connectivity index (χ0v) is 23.4. The largest absolute Gasteiger partial charge is 0.390 e. The van der Waals surface area contributed by atoms with Crippen molar-refractivity contribution in [2.24, 2.45) is 40.4 Å². The number of epoxide rings is 1. The molecule has 7 aliphatic rings. The van der Waals surface area contributed by atoms with E-state index in [2.05, 4.69) is 6.92 Å². The number of rotatable bonds is 4. The van der Waals surface area contributed by atoms with Crippen LogP contribution in [0.15, 0.2) is 12.2 Å². The van der Waals surface area contributed by atoms with Gasteiger partial charge < -0.3 is 9.84 Å². The third kappa shape index (κ3) is 3.92. The third-order valence-corrected chi connectivity index (χ3v) is 13.6. The standard InChI is InChI=1S/C34H54O2/c1-24-20-32(18-13-25(21-32)14-19-33(35)15-7-4-8-16-33)30-31(2,36-30)22-26-10-9-17-34(23-28(24)29(26)34)27-11-5-3-6-12-27/h25-30,35H,1,3-23H2,2H3. The number of aliphatic hydroxyl groups is 1. The second kappa shape index (κ2) is 8.84. The normalized spacial score (nSPS) is 50.4. The van der Waals surface area contributed by atoms with Crippen LogP contribution in [0, 0.1) is 40.4 Å². The molecular formula is C34H54O2. The van der Waals surface area contributed by atoms with Gasteiger partial charge in [0.25, 0.3) is 0 Å². The van der Waals surface area contributed by atoms with E-state index in [4.69, 9.17) is 11.3 Å². The first-order valence-corrected chi connectivity index (χ1v) is 16.4. The van der Waals surface area contributed by atoms with E-state index in [-0.39, 0.29) is 11.2 Å². The second-order valence-corrected chi connectivity index (χ2v) is 15.7. The van der Waals surface area contributed by atoms with Gasteiger partial charge in [-0.25, -0.2) is 0 Å². The summed E-state index contributed by atoms with van der Waals surface area (Å²) in [6.07, 6.45) is 28.5. The molecule has 2 heteroatoms. The Labute approximate surface area is 221 Å². The molecule has 0 amide bonds. The van der Waals surface area contributed by atoms with Crippen LogP contribution in [0.5, 0.6) is 0 Å². The van der Waals surface area contributed by atoms with Crippen LogP contribution >= 0.6 is 0 Å². The molecule has 8 atom stereocenters. The summed E-state index contributed by atoms with van der Waals surface area (Å²) in [5, 5.41) is 11.1. The molecule has 1 saturated heterocycles. The van der Waals surface area contributed by atoms with E-state index in [9.17, 15) is 5.11 Å². The first-order chi connectivity index (χ1) is 17.4. The SMILES string of the molecule is C=C1CC2(CCC(CCC3(O)CCCCC3)C2)C2OC2(C)CC2CCCC3(C4CCCCC4)CC1C23. The first-order valence-electron chi connectivity index (χ1n) is 16.4. The molecule has 36 heavy (non-hydrogen) atoms. The summed E-state index contributed by atoms with van der Waals surface area (Å²) in [7, 11) is 0. The summed E-state index contributed by atoms with van der Waals surface area (Å²) in [5.74, 6) is 4.37. The van der Waals surface area contributed by atoms with Crippen molar-refractivity contribution in [1.29, 1.82) is 0 Å². The van der Waals surface area contributed by atoms with Crippen molar-refractivity contribution in [2.45, 2.75) is 159 Å². The molecule has 202 valence electrons. The molecule has 0 aromatic rings. The number of allylic oxidation sites excluding steroid dienone is 1. The Bertz CT molecular complexity index is 851. The highest BCUT2D eigenvalue weighted by Gasteiger charge is 2.69. The van der Waals surface area contributed by atoms with Crippen LogP contribution in [-0.4, -0.2) is 22.4 Å². The highest BCUT2D eigenvalue weighted by atomic mass is 16.6. The molecule has 8 unspecified atom stereocenters. The molecule has 7 fully saturated rings. The van der Waals surface area contributed by atoms with Gasteiger partial charge in [-0.15, -0.1) is 0 Å². The lowest BCUT2D eigenvalue weighted by Crippen LogP contribution is -2.58. The molecule has 1 heterocycles. The maximum atomic E-state index is 11.1. The van der Waals surface area contributed by atoms with Gasteiger partial charge in [0.1, 0.15) is 0 Å². The number of hydrogen-bond acceptors (Lipinski definition) is 2. The summed E-state index contributed by atoms with van der Waals surface area (Å²) in [6.45, 7) is 7.39. The van der Waals surface area contributed by atoms with E-state index >= 15 is 0 Å². The van der Waals surface area contributed by atoms with Crippen molar-refractivity contribution >= 4 is 0 Å². The molecule has 7 rings (SSSR count). The van der Waals surface area contributed by atoms with E-state index < -0.39 is 0 Å². The lowest BCUT2D eigenvalue weighted by Gasteiger charge is -2.66. The van der Waals surface area contributed by atoms with Gasteiger partial charge in [0.2, 0.25) is 0 Å². The molecule has 1 N–H and O–H groups in total. The average molecular weight is 495 g/mol. The number of fused-ring (bicyclic) bond motifs is 2. The monoisotopic (exact) mass is 494 g/mol. The van der Waals surface area contributed by atoms with Crippen molar-refractivity contribution in [2.75, 3.05) is 0 Å². The fourth-order valence-electron chi connectivity index (χ4n) is 12.0. The van der Waals surface area contributed by atoms with Gasteiger partial charge in [-0.05, 0) is 125 Å². The highest BCUT2D eigenvalue weighted by Crippen LogP contribution is 2.73. The fraction of sp³-hybridized carbons (Fsp3) is 0.941. The zero-order chi connectivity index (χ0) is 24.6. The van der Waals surface area contributed by atoms with Gasteiger partial charge in [-0.1, -0.05) is 63.5 Å². The van der Waals surface area contributed by atoms with Gasteiger partial charge in [-0.3, -0.25) is 0 Å². The van der Waals surface area contributed by atoms with Gasteiger partial charge in [-0.2, -0.15) is 0 Å². The molecule has 0 aromatic carbocycles. The van der Waals surface area contributed by atoms with Crippen LogP contribution in [-0.2, 0) is 4.74 Å². The molecule has 1 spiro atoms. The highest BCUT2D eigenvalue weighted by molar-refractivity contribution is 5.26. The molecule has 1 aliphatic heterocycles. The lowest BCUT2D eigenvalue weighted by atomic mass is 9.39. The fourth-order valence-corrected chi connectivity index (χ4v) is 12.0. The van der Waals surface area contributed by atoms with Gasteiger partial charge in [0.15, 0.2) is 0 Å². The van der Waals surface area contributed by atoms with Crippen LogP contribution in [0.3, 0.4) is 0 Å². The van der Waals surface area contributed by atoms with Crippen molar-refractivity contribution in [1.82, 2.24) is 0 Å². The van der Waals surface area contributed by atoms with Gasteiger partial charge >= 0.3 is 0 Å². The van der Waals surface area contributed by atoms with Crippen LogP contribution in [0.2, 0.25) is 0 Å². The van der Waals surface area contributed by atoms with E-state index in [1.807, 2.05) is 0 Å². The average Bonchev–Trinajstić information content (AvgIpc) is 3.35. The van der Waals surface area contributed by atoms with Crippen LogP contribution in [0.1, 0.15) is 142 Å². The van der Waals surface area contributed by atoms with Crippen LogP contribution < -0.4 is 0 Å². The summed E-state index contributed by atoms with van der Waals surface area (Å²) in [5.41, 5.74) is 2.39. The quantitative estimate of drug-likeness (QED) is 0.313. The Hall–Kier alpha value is -0.340. The summed E-state index contributed by atoms with van der Waals surface area (Å²) < 4.78 is 6.82. The van der Waals surface area contributed by atoms with E-state index in [1.165, 1.54) is 116 Å². The predicted molar refractivity (Wildman–Crippen MR) is 147 cm³/mol. The Kier molecular flexibility index (Phi) is 6.06. The summed E-state index contributed by atoms with van der Waals surface area (Å²) in [4.78, 5) is 0. The minimum absolute atomic E-state index is 0.127. The van der Waals surface area contributed by atoms with Crippen molar-refractivity contribution in [3.63, 3.8) is 0 Å². The number of hydrogen-bond donors (Lipinski definition) is 1. The molecule has 0 bridgehead atoms. The minimum Gasteiger partial charge on any atom is -0.390 e. The van der Waals surface area contributed by atoms with Gasteiger partial charge in [0.05, 0.1) is 17.3 Å². The third-order valence-electron chi connectivity index (χ3n) is 13.6. The summed E-state index contributed by atoms with van der Waals surface area (Å²) in [6, 6.07) is 0. The molecule has 0 radical (unpaired) electrons. The topological polar surface area (TPSA) is 32.8 Å². The van der Waals surface area contributed by atoms with Gasteiger partial charge in [0, 0.05) is 5.41 Å². The van der Waals surface area contributed by atoms with Crippen LogP contribution in [0.25, 0.3) is 0 Å².